The van der Waals surface area contributed by atoms with Crippen LogP contribution >= 0.6 is 0 Å². The third kappa shape index (κ3) is 3.22. The van der Waals surface area contributed by atoms with Crippen molar-refractivity contribution in [1.82, 2.24) is 15.0 Å². The number of hydrazone groups is 1. The second kappa shape index (κ2) is 7.25. The van der Waals surface area contributed by atoms with Gasteiger partial charge >= 0.3 is 0 Å². The van der Waals surface area contributed by atoms with Crippen molar-refractivity contribution in [2.45, 2.75) is 0 Å². The zero-order valence-corrected chi connectivity index (χ0v) is 14.8. The molecule has 1 amide bonds. The Bertz CT molecular complexity index is 1120. The van der Waals surface area contributed by atoms with Crippen molar-refractivity contribution in [3.05, 3.63) is 90.3 Å². The van der Waals surface area contributed by atoms with Crippen LogP contribution < -0.4 is 5.43 Å². The number of nitrogens with zero attached hydrogens (tertiary/aromatic N) is 3. The molecule has 0 radical (unpaired) electrons. The zero-order valence-electron chi connectivity index (χ0n) is 14.8. The van der Waals surface area contributed by atoms with Crippen LogP contribution in [0.1, 0.15) is 15.9 Å². The van der Waals surface area contributed by atoms with Crippen molar-refractivity contribution >= 4 is 23.0 Å². The molecule has 0 unspecified atom stereocenters. The van der Waals surface area contributed by atoms with E-state index in [1.165, 1.54) is 6.20 Å². The Kier molecular flexibility index (Phi) is 4.49. The summed E-state index contributed by atoms with van der Waals surface area (Å²) in [5, 5.41) is 5.28. The molecule has 0 aliphatic heterocycles. The van der Waals surface area contributed by atoms with E-state index in [-0.39, 0.29) is 5.91 Å². The van der Waals surface area contributed by atoms with Crippen molar-refractivity contribution in [3.63, 3.8) is 0 Å². The van der Waals surface area contributed by atoms with Gasteiger partial charge in [-0.3, -0.25) is 9.78 Å². The smallest absolute Gasteiger partial charge is 0.272 e. The number of carbonyl (C=O) groups is 1. The van der Waals surface area contributed by atoms with Gasteiger partial charge in [0.2, 0.25) is 0 Å². The van der Waals surface area contributed by atoms with Gasteiger partial charge in [-0.15, -0.1) is 0 Å². The zero-order chi connectivity index (χ0) is 18.6. The number of benzene rings is 2. The molecule has 0 atom stereocenters. The number of pyridine rings is 1. The average Bonchev–Trinajstić information content (AvgIpc) is 3.01. The number of fused-ring (bicyclic) bond motifs is 1. The molecule has 5 nitrogen and oxygen atoms in total. The van der Waals surface area contributed by atoms with Crippen LogP contribution in [0.15, 0.2) is 84.2 Å². The first-order valence-electron chi connectivity index (χ1n) is 8.62. The van der Waals surface area contributed by atoms with Crippen molar-refractivity contribution in [2.24, 2.45) is 12.1 Å². The molecule has 2 aromatic heterocycles. The Balaban J connectivity index is 1.73. The minimum atomic E-state index is -0.291. The van der Waals surface area contributed by atoms with Crippen LogP contribution in [0.25, 0.3) is 22.2 Å². The summed E-state index contributed by atoms with van der Waals surface area (Å²) >= 11 is 0. The number of para-hydroxylation sites is 1. The predicted octanol–water partition coefficient (Wildman–Crippen LogP) is 4.00. The van der Waals surface area contributed by atoms with E-state index in [1.54, 1.807) is 24.5 Å². The third-order valence-corrected chi connectivity index (χ3v) is 4.48. The molecule has 5 heteroatoms. The van der Waals surface area contributed by atoms with Gasteiger partial charge in [-0.25, -0.2) is 5.43 Å². The number of hydrogen-bond donors (Lipinski definition) is 1. The SMILES string of the molecule is Cn1c(-c2ccccc2)c(/C=N\NC(=O)c2cccnc2)c2ccccc21. The summed E-state index contributed by atoms with van der Waals surface area (Å²) in [6.45, 7) is 0. The lowest BCUT2D eigenvalue weighted by molar-refractivity contribution is 0.0955. The molecule has 0 saturated carbocycles. The van der Waals surface area contributed by atoms with Gasteiger partial charge in [-0.1, -0.05) is 48.5 Å². The molecule has 1 N–H and O–H groups in total. The lowest BCUT2D eigenvalue weighted by Gasteiger charge is -2.06. The maximum atomic E-state index is 12.2. The van der Waals surface area contributed by atoms with Crippen LogP contribution in [-0.4, -0.2) is 21.7 Å². The lowest BCUT2D eigenvalue weighted by Crippen LogP contribution is -2.17. The Morgan fingerprint density at radius 3 is 2.59 bits per heavy atom. The molecule has 2 heterocycles. The Morgan fingerprint density at radius 1 is 1.04 bits per heavy atom. The van der Waals surface area contributed by atoms with E-state index >= 15 is 0 Å². The van der Waals surface area contributed by atoms with Gasteiger partial charge in [0.05, 0.1) is 17.5 Å². The van der Waals surface area contributed by atoms with Gasteiger partial charge in [0.1, 0.15) is 0 Å². The molecule has 0 aliphatic rings. The Hall–Kier alpha value is -3.73. The van der Waals surface area contributed by atoms with Crippen molar-refractivity contribution in [1.29, 1.82) is 0 Å². The van der Waals surface area contributed by atoms with Gasteiger partial charge in [0.15, 0.2) is 0 Å². The fourth-order valence-corrected chi connectivity index (χ4v) is 3.22. The van der Waals surface area contributed by atoms with Crippen molar-refractivity contribution < 1.29 is 4.79 Å². The molecule has 4 rings (SSSR count). The topological polar surface area (TPSA) is 59.3 Å². The highest BCUT2D eigenvalue weighted by Crippen LogP contribution is 2.31. The Labute approximate surface area is 157 Å². The quantitative estimate of drug-likeness (QED) is 0.445. The molecular formula is C22H18N4O. The first-order valence-corrected chi connectivity index (χ1v) is 8.62. The number of amides is 1. The van der Waals surface area contributed by atoms with Gasteiger partial charge in [-0.05, 0) is 23.8 Å². The predicted molar refractivity (Wildman–Crippen MR) is 108 cm³/mol. The molecule has 0 fully saturated rings. The summed E-state index contributed by atoms with van der Waals surface area (Å²) in [6, 6.07) is 21.7. The number of aryl methyl sites for hydroxylation is 1. The number of carbonyl (C=O) groups excluding carboxylic acids is 1. The number of hydrogen-bond acceptors (Lipinski definition) is 3. The van der Waals surface area contributed by atoms with Crippen LogP contribution in [0.3, 0.4) is 0 Å². The number of aromatic nitrogens is 2. The van der Waals surface area contributed by atoms with E-state index in [0.29, 0.717) is 5.56 Å². The summed E-state index contributed by atoms with van der Waals surface area (Å²) in [5.74, 6) is -0.291. The monoisotopic (exact) mass is 354 g/mol. The van der Waals surface area contributed by atoms with Crippen LogP contribution in [0, 0.1) is 0 Å². The Morgan fingerprint density at radius 2 is 1.81 bits per heavy atom. The van der Waals surface area contributed by atoms with Gasteiger partial charge in [0, 0.05) is 35.9 Å². The third-order valence-electron chi connectivity index (χ3n) is 4.48. The molecule has 2 aromatic carbocycles. The fraction of sp³-hybridized carbons (Fsp3) is 0.0455. The largest absolute Gasteiger partial charge is 0.343 e. The molecule has 4 aromatic rings. The first-order chi connectivity index (χ1) is 13.3. The highest BCUT2D eigenvalue weighted by Gasteiger charge is 2.15. The van der Waals surface area contributed by atoms with E-state index in [2.05, 4.69) is 44.3 Å². The number of nitrogens with one attached hydrogen (secondary N) is 1. The van der Waals surface area contributed by atoms with Crippen LogP contribution in [0.2, 0.25) is 0 Å². The van der Waals surface area contributed by atoms with Gasteiger partial charge < -0.3 is 4.57 Å². The summed E-state index contributed by atoms with van der Waals surface area (Å²) in [7, 11) is 2.04. The number of rotatable bonds is 4. The van der Waals surface area contributed by atoms with Crippen LogP contribution in [0.4, 0.5) is 0 Å². The van der Waals surface area contributed by atoms with E-state index in [9.17, 15) is 4.79 Å². The highest BCUT2D eigenvalue weighted by atomic mass is 16.2. The van der Waals surface area contributed by atoms with E-state index < -0.39 is 0 Å². The minimum Gasteiger partial charge on any atom is -0.343 e. The van der Waals surface area contributed by atoms with E-state index in [4.69, 9.17) is 0 Å². The molecule has 0 bridgehead atoms. The maximum Gasteiger partial charge on any atom is 0.272 e. The summed E-state index contributed by atoms with van der Waals surface area (Å²) in [4.78, 5) is 16.1. The van der Waals surface area contributed by atoms with Crippen molar-refractivity contribution in [2.75, 3.05) is 0 Å². The molecule has 0 aliphatic carbocycles. The molecule has 0 spiro atoms. The average molecular weight is 354 g/mol. The van der Waals surface area contributed by atoms with Gasteiger partial charge in [0.25, 0.3) is 5.91 Å². The standard InChI is InChI=1S/C22H18N4O/c1-26-20-12-6-5-11-18(20)19(21(26)16-8-3-2-4-9-16)15-24-25-22(27)17-10-7-13-23-14-17/h2-15H,1H3,(H,25,27)/b24-15-. The highest BCUT2D eigenvalue weighted by molar-refractivity contribution is 6.06. The van der Waals surface area contributed by atoms with Crippen molar-refractivity contribution in [3.8, 4) is 11.3 Å². The minimum absolute atomic E-state index is 0.291. The summed E-state index contributed by atoms with van der Waals surface area (Å²) in [5.41, 5.74) is 7.27. The lowest BCUT2D eigenvalue weighted by atomic mass is 10.1. The normalized spacial score (nSPS) is 11.1. The van der Waals surface area contributed by atoms with Gasteiger partial charge in [-0.2, -0.15) is 5.10 Å². The summed E-state index contributed by atoms with van der Waals surface area (Å²) in [6.07, 6.45) is 4.85. The molecule has 27 heavy (non-hydrogen) atoms. The second-order valence-electron chi connectivity index (χ2n) is 6.15. The van der Waals surface area contributed by atoms with Crippen LogP contribution in [-0.2, 0) is 7.05 Å². The van der Waals surface area contributed by atoms with Crippen LogP contribution in [0.5, 0.6) is 0 Å². The maximum absolute atomic E-state index is 12.2. The molecular weight excluding hydrogens is 336 g/mol. The first kappa shape index (κ1) is 16.7. The second-order valence-corrected chi connectivity index (χ2v) is 6.15. The van der Waals surface area contributed by atoms with E-state index in [0.717, 1.165) is 27.7 Å². The fourth-order valence-electron chi connectivity index (χ4n) is 3.22. The van der Waals surface area contributed by atoms with E-state index in [1.807, 2.05) is 37.4 Å². The summed E-state index contributed by atoms with van der Waals surface area (Å²) < 4.78 is 2.15. The molecule has 132 valence electrons. The molecule has 0 saturated heterocycles.